The van der Waals surface area contributed by atoms with Crippen LogP contribution in [-0.2, 0) is 110 Å². The number of ether oxygens (including phenoxy) is 14. The van der Waals surface area contributed by atoms with E-state index in [0.29, 0.717) is 5.75 Å². The summed E-state index contributed by atoms with van der Waals surface area (Å²) in [5.41, 5.74) is -0.0347. The van der Waals surface area contributed by atoms with Gasteiger partial charge in [0.1, 0.15) is 135 Å². The lowest BCUT2D eigenvalue weighted by Crippen LogP contribution is -2.64. The highest BCUT2D eigenvalue weighted by Crippen LogP contribution is 2.27. The van der Waals surface area contributed by atoms with Gasteiger partial charge in [0.25, 0.3) is 5.91 Å². The van der Waals surface area contributed by atoms with Gasteiger partial charge in [0, 0.05) is 65.9 Å². The fourth-order valence-electron chi connectivity index (χ4n) is 12.3. The number of nitrogens with one attached hydrogen (secondary N) is 9. The van der Waals surface area contributed by atoms with Gasteiger partial charge in [-0.1, -0.05) is 0 Å². The summed E-state index contributed by atoms with van der Waals surface area (Å²) in [5.74, 6) is -8.38. The molecule has 4 aliphatic rings. The van der Waals surface area contributed by atoms with Crippen molar-refractivity contribution in [1.29, 1.82) is 0 Å². The van der Waals surface area contributed by atoms with E-state index in [9.17, 15) is 109 Å². The molecule has 4 saturated heterocycles. The number of hydrogen-bond acceptors (Lipinski definition) is 37. The summed E-state index contributed by atoms with van der Waals surface area (Å²) in [6.45, 7) is -4.47. The lowest BCUT2D eigenvalue weighted by Gasteiger charge is -2.42. The van der Waals surface area contributed by atoms with E-state index in [4.69, 9.17) is 66.3 Å². The van der Waals surface area contributed by atoms with Gasteiger partial charge in [0.05, 0.1) is 126 Å². The first-order chi connectivity index (χ1) is 56.9. The molecule has 5 rings (SSSR count). The van der Waals surface area contributed by atoms with Crippen molar-refractivity contribution in [2.45, 2.75) is 169 Å². The molecule has 4 aliphatic heterocycles. The van der Waals surface area contributed by atoms with E-state index >= 15 is 4.79 Å². The van der Waals surface area contributed by atoms with E-state index in [1.165, 1.54) is 38.3 Å². The van der Waals surface area contributed by atoms with Gasteiger partial charge in [-0.05, 0) is 30.7 Å². The second-order valence-electron chi connectivity index (χ2n) is 27.4. The molecule has 21 unspecified atom stereocenters. The zero-order valence-electron chi connectivity index (χ0n) is 66.7. The minimum absolute atomic E-state index is 0.00507. The molecule has 0 saturated carbocycles. The van der Waals surface area contributed by atoms with Crippen molar-refractivity contribution in [3.05, 3.63) is 29.8 Å². The Bertz CT molecular complexity index is 3200. The molecule has 0 aromatic heterocycles. The predicted octanol–water partition coefficient (Wildman–Crippen LogP) is -13.4. The Balaban J connectivity index is 1.29. The Labute approximate surface area is 683 Å². The number of amides is 11. The summed E-state index contributed by atoms with van der Waals surface area (Å²) >= 11 is 0. The quantitative estimate of drug-likeness (QED) is 0.0269. The van der Waals surface area contributed by atoms with Crippen LogP contribution in [0.4, 0.5) is 0 Å². The van der Waals surface area contributed by atoms with Crippen molar-refractivity contribution in [2.24, 2.45) is 0 Å². The van der Waals surface area contributed by atoms with Gasteiger partial charge in [0.2, 0.25) is 59.1 Å². The summed E-state index contributed by atoms with van der Waals surface area (Å²) in [6, 6.07) is -1.14. The first-order valence-electron chi connectivity index (χ1n) is 38.4. The molecule has 21 atom stereocenters. The van der Waals surface area contributed by atoms with Crippen LogP contribution in [0.2, 0.25) is 0 Å². The van der Waals surface area contributed by atoms with Crippen molar-refractivity contribution >= 4 is 65.0 Å². The summed E-state index contributed by atoms with van der Waals surface area (Å²) in [5, 5.41) is 145. The Kier molecular flexibility index (Phi) is 46.6. The highest BCUT2D eigenvalue weighted by Gasteiger charge is 2.49. The van der Waals surface area contributed by atoms with Crippen LogP contribution < -0.4 is 52.6 Å². The monoisotopic (exact) mass is 1720 g/mol. The predicted molar refractivity (Wildman–Crippen MR) is 398 cm³/mol. The molecule has 11 amide bonds. The highest BCUT2D eigenvalue weighted by atomic mass is 16.7. The van der Waals surface area contributed by atoms with Crippen LogP contribution in [0.3, 0.4) is 0 Å². The van der Waals surface area contributed by atoms with E-state index in [2.05, 4.69) is 47.9 Å². The Morgan fingerprint density at radius 1 is 0.378 bits per heavy atom. The van der Waals surface area contributed by atoms with Crippen LogP contribution in [0.25, 0.3) is 0 Å². The lowest BCUT2D eigenvalue weighted by atomic mass is 9.97. The number of carbonyl (C=O) groups is 11. The van der Waals surface area contributed by atoms with E-state index in [1.807, 2.05) is 0 Å². The molecule has 1 aromatic carbocycles. The van der Waals surface area contributed by atoms with Gasteiger partial charge in [-0.2, -0.15) is 0 Å². The molecule has 0 radical (unpaired) electrons. The molecule has 4 heterocycles. The Hall–Kier alpha value is -7.81. The maximum absolute atomic E-state index is 15.1. The third kappa shape index (κ3) is 34.9. The fraction of sp³-hybridized carbons (Fsp3) is 0.761. The third-order valence-corrected chi connectivity index (χ3v) is 18.3. The molecule has 48 nitrogen and oxygen atoms in total. The molecular formula is C71H117N11O37. The van der Waals surface area contributed by atoms with Crippen molar-refractivity contribution in [3.8, 4) is 5.75 Å². The first-order valence-corrected chi connectivity index (χ1v) is 38.4. The number of methoxy groups -OCH3 is 1. The summed E-state index contributed by atoms with van der Waals surface area (Å²) < 4.78 is 77.9. The van der Waals surface area contributed by atoms with Crippen molar-refractivity contribution in [3.63, 3.8) is 0 Å². The molecule has 21 N–H and O–H groups in total. The SMILES string of the molecule is COc1ccc(C(=O)NC(CCC(=O)N(CC(=O)NCCOCCOCCOC2OC(CO)C(O)C(O)C2NC(C)=O)CC(=O)NCCOCCOC2OC(CO)C(O)C(O)C2NC(C)=O)C(=O)N(CC(=O)NCCOCCOC2OC(CO)C(O)C(O)C2NC(C)=O)CC(=O)NCCOCCOC2OC(CO)C(O)C(O)C2NC(C)=O)cc1. The topological polar surface area (TPSA) is 675 Å². The summed E-state index contributed by atoms with van der Waals surface area (Å²) in [7, 11) is 1.37. The maximum Gasteiger partial charge on any atom is 0.251 e. The average molecular weight is 1720 g/mol. The number of hydrogen-bond donors (Lipinski definition) is 21. The first kappa shape index (κ1) is 102. The van der Waals surface area contributed by atoms with E-state index in [1.54, 1.807) is 0 Å². The van der Waals surface area contributed by atoms with Gasteiger partial charge < -0.3 is 185 Å². The minimum atomic E-state index is -1.78. The molecule has 0 aliphatic carbocycles. The number of aliphatic hydroxyl groups is 12. The Morgan fingerprint density at radius 3 is 0.916 bits per heavy atom. The molecule has 4 fully saturated rings. The van der Waals surface area contributed by atoms with Gasteiger partial charge in [-0.25, -0.2) is 0 Å². The van der Waals surface area contributed by atoms with E-state index < -0.39 is 259 Å². The second-order valence-corrected chi connectivity index (χ2v) is 27.4. The molecule has 1 aromatic rings. The standard InChI is InChI=1S/C71H117N11O37/c1-38(87)76-54-62(100)58(96)45(34-83)116-68(54)112-26-22-108-17-13-73-50(92)31-81(30-49(91)72-12-16-107-20-21-111-25-29-115-71-57(79-41(4)90)65(103)61(99)48(37-86)119-71)53(95)11-10-44(80-66(104)42-6-8-43(106-5)9-7-42)67(105)82(32-51(93)74-14-18-109-23-27-113-69-55(77-39(2)88)63(101)59(97)46(35-84)117-69)33-52(94)75-15-19-110-24-28-114-70-56(78-40(3)89)64(102)60(98)47(36-85)118-70/h6-9,44-48,54-65,68-71,83-86,96-103H,10-37H2,1-5H3,(H,72,91)(H,73,92)(H,74,93)(H,75,94)(H,76,87)(H,77,88)(H,78,89)(H,79,90)(H,80,104). The van der Waals surface area contributed by atoms with Gasteiger partial charge in [-0.15, -0.1) is 0 Å². The maximum atomic E-state index is 15.1. The number of aliphatic hydroxyl groups excluding tert-OH is 12. The largest absolute Gasteiger partial charge is 0.497 e. The number of carbonyl (C=O) groups excluding carboxylic acids is 11. The zero-order chi connectivity index (χ0) is 87.7. The van der Waals surface area contributed by atoms with E-state index in [0.717, 1.165) is 30.6 Å². The zero-order valence-corrected chi connectivity index (χ0v) is 66.7. The number of nitrogens with zero attached hydrogens (tertiary/aromatic N) is 2. The van der Waals surface area contributed by atoms with Crippen LogP contribution >= 0.6 is 0 Å². The van der Waals surface area contributed by atoms with Crippen LogP contribution in [0, 0.1) is 0 Å². The van der Waals surface area contributed by atoms with Crippen LogP contribution in [-0.4, -0.2) is 443 Å². The van der Waals surface area contributed by atoms with E-state index in [-0.39, 0.29) is 124 Å². The molecule has 48 heteroatoms. The average Bonchev–Trinajstić information content (AvgIpc) is 0.822. The lowest BCUT2D eigenvalue weighted by molar-refractivity contribution is -0.272. The van der Waals surface area contributed by atoms with Crippen molar-refractivity contribution in [2.75, 3.05) is 178 Å². The van der Waals surface area contributed by atoms with Gasteiger partial charge in [-0.3, -0.25) is 52.7 Å². The van der Waals surface area contributed by atoms with Crippen LogP contribution in [0.5, 0.6) is 5.75 Å². The molecule has 0 spiro atoms. The highest BCUT2D eigenvalue weighted by molar-refractivity contribution is 5.99. The van der Waals surface area contributed by atoms with Crippen molar-refractivity contribution < 1.29 is 180 Å². The Morgan fingerprint density at radius 2 is 0.647 bits per heavy atom. The normalized spacial score (nSPS) is 27.0. The van der Waals surface area contributed by atoms with Gasteiger partial charge in [0.15, 0.2) is 25.2 Å². The second kappa shape index (κ2) is 54.5. The summed E-state index contributed by atoms with van der Waals surface area (Å²) in [6.07, 6.45) is -24.2. The smallest absolute Gasteiger partial charge is 0.251 e. The van der Waals surface area contributed by atoms with Crippen LogP contribution in [0.15, 0.2) is 24.3 Å². The molecule has 0 bridgehead atoms. The minimum Gasteiger partial charge on any atom is -0.497 e. The molecular weight excluding hydrogens is 1600 g/mol. The number of rotatable bonds is 54. The van der Waals surface area contributed by atoms with Crippen LogP contribution in [0.1, 0.15) is 50.9 Å². The molecule has 119 heavy (non-hydrogen) atoms. The summed E-state index contributed by atoms with van der Waals surface area (Å²) in [4.78, 5) is 148. The number of benzene rings is 1. The fourth-order valence-corrected chi connectivity index (χ4v) is 12.3. The third-order valence-electron chi connectivity index (χ3n) is 18.3. The van der Waals surface area contributed by atoms with Crippen molar-refractivity contribution in [1.82, 2.24) is 57.7 Å². The van der Waals surface area contributed by atoms with Gasteiger partial charge >= 0.3 is 0 Å². The molecule has 678 valence electrons.